The van der Waals surface area contributed by atoms with E-state index < -0.39 is 5.78 Å². The van der Waals surface area contributed by atoms with E-state index in [1.165, 1.54) is 23.7 Å². The van der Waals surface area contributed by atoms with Crippen molar-refractivity contribution in [2.45, 2.75) is 0 Å². The molecule has 3 aromatic rings. The lowest BCUT2D eigenvalue weighted by Crippen LogP contribution is -2.15. The monoisotopic (exact) mass is 272 g/mol. The Kier molecular flexibility index (Phi) is 2.85. The van der Waals surface area contributed by atoms with E-state index >= 15 is 0 Å². The summed E-state index contributed by atoms with van der Waals surface area (Å²) in [6.07, 6.45) is 1.39. The summed E-state index contributed by atoms with van der Waals surface area (Å²) >= 11 is 1.29. The molecule has 0 bridgehead atoms. The molecule has 1 N–H and O–H groups in total. The standard InChI is InChI=1S/C13H8N2O3S/c16-12(9-5-3-7-18-9)11(15-17)13-14-8-4-1-2-6-10(8)19-13/h1-7,17H/b15-11+. The van der Waals surface area contributed by atoms with Crippen molar-refractivity contribution in [2.75, 3.05) is 0 Å². The first-order valence-electron chi connectivity index (χ1n) is 5.46. The van der Waals surface area contributed by atoms with E-state index in [-0.39, 0.29) is 11.5 Å². The smallest absolute Gasteiger partial charge is 0.252 e. The van der Waals surface area contributed by atoms with Crippen LogP contribution in [0.3, 0.4) is 0 Å². The number of carbonyl (C=O) groups excluding carboxylic acids is 1. The third kappa shape index (κ3) is 2.02. The number of thiazole rings is 1. The number of carbonyl (C=O) groups is 1. The number of hydrogen-bond donors (Lipinski definition) is 1. The number of fused-ring (bicyclic) bond motifs is 1. The van der Waals surface area contributed by atoms with E-state index in [0.29, 0.717) is 5.01 Å². The number of oxime groups is 1. The maximum Gasteiger partial charge on any atom is 0.252 e. The van der Waals surface area contributed by atoms with Crippen molar-refractivity contribution >= 4 is 33.0 Å². The summed E-state index contributed by atoms with van der Waals surface area (Å²) in [6, 6.07) is 10.6. The van der Waals surface area contributed by atoms with Gasteiger partial charge in [0, 0.05) is 0 Å². The minimum atomic E-state index is -0.494. The van der Waals surface area contributed by atoms with Crippen molar-refractivity contribution in [3.63, 3.8) is 0 Å². The van der Waals surface area contributed by atoms with Gasteiger partial charge in [0.05, 0.1) is 16.5 Å². The number of furan rings is 1. The van der Waals surface area contributed by atoms with Crippen LogP contribution in [0.1, 0.15) is 15.6 Å². The Hall–Kier alpha value is -2.47. The van der Waals surface area contributed by atoms with Crippen LogP contribution in [0, 0.1) is 0 Å². The van der Waals surface area contributed by atoms with Crippen LogP contribution in [-0.2, 0) is 0 Å². The Morgan fingerprint density at radius 3 is 2.79 bits per heavy atom. The predicted octanol–water partition coefficient (Wildman–Crippen LogP) is 2.95. The van der Waals surface area contributed by atoms with Gasteiger partial charge in [-0.05, 0) is 24.3 Å². The van der Waals surface area contributed by atoms with Crippen LogP contribution in [0.5, 0.6) is 0 Å². The molecule has 0 amide bonds. The second-order valence-electron chi connectivity index (χ2n) is 3.74. The number of Topliss-reactive ketones (excluding diaryl/α,β-unsaturated/α-hetero) is 1. The van der Waals surface area contributed by atoms with Crippen molar-refractivity contribution < 1.29 is 14.4 Å². The number of ketones is 1. The molecule has 0 saturated heterocycles. The molecule has 3 rings (SSSR count). The van der Waals surface area contributed by atoms with E-state index in [2.05, 4.69) is 10.1 Å². The van der Waals surface area contributed by atoms with Crippen LogP contribution in [-0.4, -0.2) is 21.7 Å². The van der Waals surface area contributed by atoms with Crippen LogP contribution in [0.25, 0.3) is 10.2 Å². The highest BCUT2D eigenvalue weighted by molar-refractivity contribution is 7.21. The summed E-state index contributed by atoms with van der Waals surface area (Å²) in [5.74, 6) is -0.376. The highest BCUT2D eigenvalue weighted by Crippen LogP contribution is 2.23. The largest absolute Gasteiger partial charge is 0.461 e. The third-order valence-electron chi connectivity index (χ3n) is 2.56. The van der Waals surface area contributed by atoms with Gasteiger partial charge in [0.2, 0.25) is 0 Å². The molecule has 0 atom stereocenters. The normalized spacial score (nSPS) is 11.9. The van der Waals surface area contributed by atoms with Gasteiger partial charge >= 0.3 is 0 Å². The van der Waals surface area contributed by atoms with Gasteiger partial charge in [-0.1, -0.05) is 17.3 Å². The van der Waals surface area contributed by atoms with Crippen molar-refractivity contribution in [1.29, 1.82) is 0 Å². The van der Waals surface area contributed by atoms with E-state index in [1.807, 2.05) is 24.3 Å². The van der Waals surface area contributed by atoms with E-state index in [0.717, 1.165) is 10.2 Å². The zero-order chi connectivity index (χ0) is 13.2. The van der Waals surface area contributed by atoms with Gasteiger partial charge in [0.1, 0.15) is 0 Å². The highest BCUT2D eigenvalue weighted by Gasteiger charge is 2.22. The maximum absolute atomic E-state index is 12.1. The Bertz CT molecular complexity index is 726. The molecule has 0 aliphatic heterocycles. The molecule has 19 heavy (non-hydrogen) atoms. The summed E-state index contributed by atoms with van der Waals surface area (Å²) in [5.41, 5.74) is 0.645. The lowest BCUT2D eigenvalue weighted by Gasteiger charge is -1.96. The fourth-order valence-electron chi connectivity index (χ4n) is 1.68. The molecular formula is C13H8N2O3S. The van der Waals surface area contributed by atoms with Crippen LogP contribution >= 0.6 is 11.3 Å². The fraction of sp³-hybridized carbons (Fsp3) is 0. The summed E-state index contributed by atoms with van der Waals surface area (Å²) in [4.78, 5) is 16.4. The highest BCUT2D eigenvalue weighted by atomic mass is 32.1. The maximum atomic E-state index is 12.1. The summed E-state index contributed by atoms with van der Waals surface area (Å²) in [7, 11) is 0. The molecule has 6 heteroatoms. The molecule has 94 valence electrons. The van der Waals surface area contributed by atoms with Gasteiger partial charge in [0.15, 0.2) is 16.5 Å². The molecule has 5 nitrogen and oxygen atoms in total. The first kappa shape index (κ1) is 11.6. The van der Waals surface area contributed by atoms with E-state index in [1.54, 1.807) is 6.07 Å². The second-order valence-corrected chi connectivity index (χ2v) is 4.77. The Balaban J connectivity index is 2.05. The molecular weight excluding hydrogens is 264 g/mol. The Morgan fingerprint density at radius 1 is 1.26 bits per heavy atom. The molecule has 0 spiro atoms. The van der Waals surface area contributed by atoms with Crippen LogP contribution in [0.15, 0.2) is 52.2 Å². The summed E-state index contributed by atoms with van der Waals surface area (Å²) < 4.78 is 5.93. The van der Waals surface area contributed by atoms with Gasteiger partial charge in [-0.15, -0.1) is 11.3 Å². The fourth-order valence-corrected chi connectivity index (χ4v) is 2.63. The van der Waals surface area contributed by atoms with Crippen molar-refractivity contribution in [1.82, 2.24) is 4.98 Å². The number of para-hydroxylation sites is 1. The van der Waals surface area contributed by atoms with E-state index in [9.17, 15) is 4.79 Å². The minimum Gasteiger partial charge on any atom is -0.461 e. The topological polar surface area (TPSA) is 75.7 Å². The number of hydrogen-bond acceptors (Lipinski definition) is 6. The predicted molar refractivity (Wildman–Crippen MR) is 71.0 cm³/mol. The van der Waals surface area contributed by atoms with Gasteiger partial charge < -0.3 is 9.62 Å². The quantitative estimate of drug-likeness (QED) is 0.344. The second kappa shape index (κ2) is 4.66. The number of benzene rings is 1. The molecule has 0 unspecified atom stereocenters. The third-order valence-corrected chi connectivity index (χ3v) is 3.60. The molecule has 1 aromatic carbocycles. The summed E-state index contributed by atoms with van der Waals surface area (Å²) in [5, 5.41) is 12.5. The zero-order valence-electron chi connectivity index (χ0n) is 9.61. The van der Waals surface area contributed by atoms with Crippen LogP contribution in [0.4, 0.5) is 0 Å². The molecule has 2 heterocycles. The SMILES string of the molecule is O=C(/C(=N\O)c1nc2ccccc2s1)c1ccco1. The number of rotatable bonds is 3. The van der Waals surface area contributed by atoms with Gasteiger partial charge in [0.25, 0.3) is 5.78 Å². The molecule has 2 aromatic heterocycles. The molecule has 0 radical (unpaired) electrons. The van der Waals surface area contributed by atoms with Crippen molar-refractivity contribution in [3.05, 3.63) is 53.4 Å². The Morgan fingerprint density at radius 2 is 2.11 bits per heavy atom. The van der Waals surface area contributed by atoms with Gasteiger partial charge in [-0.3, -0.25) is 4.79 Å². The first-order valence-corrected chi connectivity index (χ1v) is 6.27. The van der Waals surface area contributed by atoms with Gasteiger partial charge in [-0.25, -0.2) is 4.98 Å². The zero-order valence-corrected chi connectivity index (χ0v) is 10.4. The van der Waals surface area contributed by atoms with Crippen molar-refractivity contribution in [2.24, 2.45) is 5.16 Å². The van der Waals surface area contributed by atoms with Gasteiger partial charge in [-0.2, -0.15) is 0 Å². The first-order chi connectivity index (χ1) is 9.29. The molecule has 0 aliphatic carbocycles. The molecule has 0 aliphatic rings. The lowest BCUT2D eigenvalue weighted by atomic mass is 10.2. The van der Waals surface area contributed by atoms with Crippen LogP contribution in [0.2, 0.25) is 0 Å². The number of nitrogens with zero attached hydrogens (tertiary/aromatic N) is 2. The summed E-state index contributed by atoms with van der Waals surface area (Å²) in [6.45, 7) is 0. The molecule has 0 fully saturated rings. The Labute approximate surface area is 111 Å². The number of aromatic nitrogens is 1. The molecule has 0 saturated carbocycles. The average Bonchev–Trinajstić information content (AvgIpc) is 3.08. The van der Waals surface area contributed by atoms with Crippen molar-refractivity contribution in [3.8, 4) is 0 Å². The van der Waals surface area contributed by atoms with E-state index in [4.69, 9.17) is 9.62 Å². The average molecular weight is 272 g/mol. The van der Waals surface area contributed by atoms with Crippen LogP contribution < -0.4 is 0 Å². The minimum absolute atomic E-state index is 0.115. The lowest BCUT2D eigenvalue weighted by molar-refractivity contribution is 0.103.